The molecule has 1 aliphatic rings. The van der Waals surface area contributed by atoms with E-state index in [1.165, 1.54) is 32.1 Å². The monoisotopic (exact) mass is 277 g/mol. The van der Waals surface area contributed by atoms with Crippen molar-refractivity contribution in [1.29, 1.82) is 0 Å². The molecule has 0 aliphatic heterocycles. The van der Waals surface area contributed by atoms with Gasteiger partial charge in [0.05, 0.1) is 16.1 Å². The average molecular weight is 278 g/mol. The molecule has 2 unspecified atom stereocenters. The molecule has 4 heteroatoms. The Labute approximate surface area is 118 Å². The van der Waals surface area contributed by atoms with Crippen molar-refractivity contribution in [2.75, 3.05) is 5.73 Å². The highest BCUT2D eigenvalue weighted by molar-refractivity contribution is 6.35. The number of aromatic nitrogens is 2. The van der Waals surface area contributed by atoms with Gasteiger partial charge in [0.2, 0.25) is 5.95 Å². The van der Waals surface area contributed by atoms with E-state index in [1.54, 1.807) is 0 Å². The Kier molecular flexibility index (Phi) is 3.40. The zero-order valence-electron chi connectivity index (χ0n) is 11.3. The number of imidazole rings is 1. The first kappa shape index (κ1) is 12.8. The first-order chi connectivity index (χ1) is 9.20. The third-order valence-corrected chi connectivity index (χ3v) is 4.69. The summed E-state index contributed by atoms with van der Waals surface area (Å²) in [6, 6.07) is 6.27. The van der Waals surface area contributed by atoms with Crippen LogP contribution in [0.25, 0.3) is 11.0 Å². The third kappa shape index (κ3) is 2.20. The Morgan fingerprint density at radius 3 is 3.05 bits per heavy atom. The summed E-state index contributed by atoms with van der Waals surface area (Å²) in [7, 11) is 0. The molecule has 1 fully saturated rings. The molecule has 1 heterocycles. The molecule has 1 aromatic carbocycles. The summed E-state index contributed by atoms with van der Waals surface area (Å²) in [5.41, 5.74) is 8.04. The van der Waals surface area contributed by atoms with Gasteiger partial charge in [-0.3, -0.25) is 0 Å². The van der Waals surface area contributed by atoms with E-state index in [4.69, 9.17) is 17.3 Å². The summed E-state index contributed by atoms with van der Waals surface area (Å²) < 4.78 is 2.17. The zero-order valence-corrected chi connectivity index (χ0v) is 12.0. The molecule has 0 saturated heterocycles. The highest BCUT2D eigenvalue weighted by Gasteiger charge is 2.25. The minimum absolute atomic E-state index is 0.448. The smallest absolute Gasteiger partial charge is 0.201 e. The van der Waals surface area contributed by atoms with Gasteiger partial charge in [0.1, 0.15) is 0 Å². The van der Waals surface area contributed by atoms with Gasteiger partial charge in [-0.05, 0) is 30.9 Å². The van der Waals surface area contributed by atoms with Crippen LogP contribution in [0.2, 0.25) is 5.02 Å². The van der Waals surface area contributed by atoms with E-state index in [2.05, 4.69) is 16.5 Å². The molecule has 102 valence electrons. The van der Waals surface area contributed by atoms with Crippen LogP contribution in [0.15, 0.2) is 18.2 Å². The lowest BCUT2D eigenvalue weighted by Crippen LogP contribution is -2.20. The molecule has 3 nitrogen and oxygen atoms in total. The molecular weight excluding hydrogens is 258 g/mol. The van der Waals surface area contributed by atoms with Gasteiger partial charge in [-0.25, -0.2) is 4.98 Å². The van der Waals surface area contributed by atoms with Crippen molar-refractivity contribution in [3.8, 4) is 0 Å². The number of fused-ring (bicyclic) bond motifs is 1. The van der Waals surface area contributed by atoms with E-state index < -0.39 is 0 Å². The van der Waals surface area contributed by atoms with Crippen LogP contribution in [-0.2, 0) is 0 Å². The first-order valence-corrected chi connectivity index (χ1v) is 7.50. The fourth-order valence-electron chi connectivity index (χ4n) is 3.36. The molecule has 19 heavy (non-hydrogen) atoms. The summed E-state index contributed by atoms with van der Waals surface area (Å²) in [5.74, 6) is 1.41. The van der Waals surface area contributed by atoms with Crippen LogP contribution in [0.3, 0.4) is 0 Å². The van der Waals surface area contributed by atoms with Crippen LogP contribution in [0.4, 0.5) is 5.95 Å². The molecule has 3 rings (SSSR count). The van der Waals surface area contributed by atoms with Crippen LogP contribution in [-0.4, -0.2) is 9.55 Å². The van der Waals surface area contributed by atoms with E-state index in [1.807, 2.05) is 18.2 Å². The van der Waals surface area contributed by atoms with Crippen molar-refractivity contribution >= 4 is 28.6 Å². The highest BCUT2D eigenvalue weighted by Crippen LogP contribution is 2.38. The largest absolute Gasteiger partial charge is 0.369 e. The second kappa shape index (κ2) is 5.04. The van der Waals surface area contributed by atoms with Gasteiger partial charge < -0.3 is 10.3 Å². The van der Waals surface area contributed by atoms with Crippen LogP contribution in [0, 0.1) is 5.92 Å². The van der Waals surface area contributed by atoms with Gasteiger partial charge in [0, 0.05) is 6.04 Å². The Balaban J connectivity index is 2.06. The number of nitrogens with zero attached hydrogens (tertiary/aromatic N) is 2. The summed E-state index contributed by atoms with van der Waals surface area (Å²) in [5, 5.41) is 0.750. The lowest BCUT2D eigenvalue weighted by Gasteiger charge is -2.30. The number of rotatable bonds is 2. The molecule has 1 saturated carbocycles. The second-order valence-electron chi connectivity index (χ2n) is 5.54. The zero-order chi connectivity index (χ0) is 13.4. The second-order valence-corrected chi connectivity index (χ2v) is 5.95. The summed E-state index contributed by atoms with van der Waals surface area (Å²) in [6.45, 7) is 2.27. The van der Waals surface area contributed by atoms with Crippen LogP contribution >= 0.6 is 11.6 Å². The minimum atomic E-state index is 0.448. The van der Waals surface area contributed by atoms with Gasteiger partial charge >= 0.3 is 0 Å². The number of nitrogen functional groups attached to an aromatic ring is 1. The summed E-state index contributed by atoms with van der Waals surface area (Å²) in [6.07, 6.45) is 6.23. The highest BCUT2D eigenvalue weighted by atomic mass is 35.5. The number of anilines is 1. The van der Waals surface area contributed by atoms with Crippen molar-refractivity contribution in [3.05, 3.63) is 23.2 Å². The Hall–Kier alpha value is -1.22. The van der Waals surface area contributed by atoms with Crippen LogP contribution in [0.5, 0.6) is 0 Å². The predicted octanol–water partition coefficient (Wildman–Crippen LogP) is 4.41. The molecule has 0 spiro atoms. The van der Waals surface area contributed by atoms with Crippen LogP contribution in [0.1, 0.15) is 45.1 Å². The summed E-state index contributed by atoms with van der Waals surface area (Å²) in [4.78, 5) is 4.46. The van der Waals surface area contributed by atoms with Gasteiger partial charge in [-0.2, -0.15) is 0 Å². The maximum Gasteiger partial charge on any atom is 0.201 e. The van der Waals surface area contributed by atoms with E-state index >= 15 is 0 Å². The van der Waals surface area contributed by atoms with E-state index in [0.29, 0.717) is 12.0 Å². The minimum Gasteiger partial charge on any atom is -0.369 e. The number of halogens is 1. The van der Waals surface area contributed by atoms with Crippen molar-refractivity contribution in [2.24, 2.45) is 5.92 Å². The maximum absolute atomic E-state index is 6.35. The Bertz CT molecular complexity index is 590. The molecule has 2 N–H and O–H groups in total. The lowest BCUT2D eigenvalue weighted by molar-refractivity contribution is 0.267. The SMILES string of the molecule is CCC1CCCC(n2c(N)nc3cccc(Cl)c32)C1. The molecule has 2 aromatic rings. The molecule has 2 atom stereocenters. The first-order valence-electron chi connectivity index (χ1n) is 7.12. The standard InChI is InChI=1S/C15H20ClN3/c1-2-10-5-3-6-11(9-10)19-14-12(16)7-4-8-13(14)18-15(19)17/h4,7-8,10-11H,2-3,5-6,9H2,1H3,(H2,17,18). The van der Waals surface area contributed by atoms with Gasteiger partial charge in [0.25, 0.3) is 0 Å². The average Bonchev–Trinajstić information content (AvgIpc) is 2.76. The van der Waals surface area contributed by atoms with E-state index in [-0.39, 0.29) is 0 Å². The van der Waals surface area contributed by atoms with Crippen molar-refractivity contribution < 1.29 is 0 Å². The number of para-hydroxylation sites is 1. The molecule has 0 amide bonds. The number of nitrogens with two attached hydrogens (primary N) is 1. The van der Waals surface area contributed by atoms with E-state index in [9.17, 15) is 0 Å². The maximum atomic E-state index is 6.35. The van der Waals surface area contributed by atoms with Crippen molar-refractivity contribution in [3.63, 3.8) is 0 Å². The topological polar surface area (TPSA) is 43.8 Å². The van der Waals surface area contributed by atoms with E-state index in [0.717, 1.165) is 22.0 Å². The normalized spacial score (nSPS) is 23.9. The molecule has 0 bridgehead atoms. The lowest BCUT2D eigenvalue weighted by atomic mass is 9.84. The molecule has 1 aromatic heterocycles. The number of hydrogen-bond acceptors (Lipinski definition) is 2. The Morgan fingerprint density at radius 1 is 1.42 bits per heavy atom. The third-order valence-electron chi connectivity index (χ3n) is 4.39. The number of benzene rings is 1. The molecule has 1 aliphatic carbocycles. The van der Waals surface area contributed by atoms with Gasteiger partial charge in [0.15, 0.2) is 0 Å². The predicted molar refractivity (Wildman–Crippen MR) is 80.4 cm³/mol. The Morgan fingerprint density at radius 2 is 2.26 bits per heavy atom. The van der Waals surface area contributed by atoms with Crippen molar-refractivity contribution in [2.45, 2.75) is 45.1 Å². The molecular formula is C15H20ClN3. The van der Waals surface area contributed by atoms with Gasteiger partial charge in [-0.15, -0.1) is 0 Å². The van der Waals surface area contributed by atoms with Crippen LogP contribution < -0.4 is 5.73 Å². The van der Waals surface area contributed by atoms with Gasteiger partial charge in [-0.1, -0.05) is 43.9 Å². The number of hydrogen-bond donors (Lipinski definition) is 1. The summed E-state index contributed by atoms with van der Waals surface area (Å²) >= 11 is 6.35. The van der Waals surface area contributed by atoms with Crippen molar-refractivity contribution in [1.82, 2.24) is 9.55 Å². The quantitative estimate of drug-likeness (QED) is 0.883. The molecule has 0 radical (unpaired) electrons. The fraction of sp³-hybridized carbons (Fsp3) is 0.533. The fourth-order valence-corrected chi connectivity index (χ4v) is 3.62.